The minimum absolute atomic E-state index is 0.753. The molecule has 0 saturated heterocycles. The lowest BCUT2D eigenvalue weighted by Gasteiger charge is -2.02. The van der Waals surface area contributed by atoms with Gasteiger partial charge in [0.25, 0.3) is 0 Å². The summed E-state index contributed by atoms with van der Waals surface area (Å²) >= 11 is 0. The standard InChI is InChI=1S/C10H11N2O/c1-2-5-13-9-4-3-8-7-11-12-10(8)6-9/h3-4,6H,2,5H2,1H3,(H,11,12). The highest BCUT2D eigenvalue weighted by molar-refractivity contribution is 5.78. The van der Waals surface area contributed by atoms with Crippen molar-refractivity contribution in [1.82, 2.24) is 10.2 Å². The maximum absolute atomic E-state index is 5.47. The Kier molecular flexibility index (Phi) is 2.17. The Morgan fingerprint density at radius 2 is 2.46 bits per heavy atom. The van der Waals surface area contributed by atoms with E-state index in [4.69, 9.17) is 4.74 Å². The van der Waals surface area contributed by atoms with Crippen molar-refractivity contribution in [2.45, 2.75) is 13.3 Å². The Balaban J connectivity index is 2.26. The molecule has 1 N–H and O–H groups in total. The topological polar surface area (TPSA) is 37.9 Å². The molecule has 0 aliphatic carbocycles. The number of hydrogen-bond donors (Lipinski definition) is 1. The Labute approximate surface area is 76.7 Å². The van der Waals surface area contributed by atoms with Gasteiger partial charge in [0.1, 0.15) is 11.9 Å². The normalized spacial score (nSPS) is 10.5. The summed E-state index contributed by atoms with van der Waals surface area (Å²) in [4.78, 5) is 0. The van der Waals surface area contributed by atoms with Gasteiger partial charge in [-0.25, -0.2) is 0 Å². The highest BCUT2D eigenvalue weighted by Gasteiger charge is 1.98. The molecule has 2 rings (SSSR count). The first-order chi connectivity index (χ1) is 6.40. The van der Waals surface area contributed by atoms with E-state index in [0.717, 1.165) is 29.7 Å². The van der Waals surface area contributed by atoms with E-state index < -0.39 is 0 Å². The van der Waals surface area contributed by atoms with Crippen molar-refractivity contribution in [3.63, 3.8) is 0 Å². The van der Waals surface area contributed by atoms with E-state index in [2.05, 4.69) is 23.3 Å². The van der Waals surface area contributed by atoms with E-state index in [9.17, 15) is 0 Å². The van der Waals surface area contributed by atoms with Gasteiger partial charge in [-0.1, -0.05) is 6.92 Å². The van der Waals surface area contributed by atoms with E-state index in [0.29, 0.717) is 0 Å². The molecular weight excluding hydrogens is 164 g/mol. The number of hydrogen-bond acceptors (Lipinski definition) is 2. The first-order valence-electron chi connectivity index (χ1n) is 4.39. The Hall–Kier alpha value is -1.51. The molecule has 3 heteroatoms. The maximum Gasteiger partial charge on any atom is 0.121 e. The molecule has 1 heterocycles. The maximum atomic E-state index is 5.47. The zero-order valence-electron chi connectivity index (χ0n) is 7.50. The van der Waals surface area contributed by atoms with Crippen molar-refractivity contribution >= 4 is 10.9 Å². The van der Waals surface area contributed by atoms with Crippen LogP contribution in [0, 0.1) is 6.20 Å². The van der Waals surface area contributed by atoms with Crippen LogP contribution < -0.4 is 4.74 Å². The number of fused-ring (bicyclic) bond motifs is 1. The van der Waals surface area contributed by atoms with Crippen LogP contribution in [0.15, 0.2) is 18.2 Å². The fourth-order valence-electron chi connectivity index (χ4n) is 1.17. The molecule has 0 spiro atoms. The summed E-state index contributed by atoms with van der Waals surface area (Å²) in [6.07, 6.45) is 3.86. The van der Waals surface area contributed by atoms with Gasteiger partial charge in [-0.3, -0.25) is 5.10 Å². The first-order valence-corrected chi connectivity index (χ1v) is 4.39. The van der Waals surface area contributed by atoms with Gasteiger partial charge in [0, 0.05) is 11.5 Å². The fourth-order valence-corrected chi connectivity index (χ4v) is 1.17. The monoisotopic (exact) mass is 175 g/mol. The summed E-state index contributed by atoms with van der Waals surface area (Å²) in [5, 5.41) is 7.66. The Bertz CT molecular complexity index is 394. The van der Waals surface area contributed by atoms with Gasteiger partial charge >= 0.3 is 0 Å². The van der Waals surface area contributed by atoms with Crippen LogP contribution in [0.4, 0.5) is 0 Å². The fraction of sp³-hybridized carbons (Fsp3) is 0.300. The molecule has 3 nitrogen and oxygen atoms in total. The predicted octanol–water partition coefficient (Wildman–Crippen LogP) is 2.15. The quantitative estimate of drug-likeness (QED) is 0.776. The molecule has 1 aromatic heterocycles. The average molecular weight is 175 g/mol. The molecule has 67 valence electrons. The number of nitrogens with one attached hydrogen (secondary N) is 1. The van der Waals surface area contributed by atoms with Crippen LogP contribution in [0.3, 0.4) is 0 Å². The number of rotatable bonds is 3. The summed E-state index contributed by atoms with van der Waals surface area (Å²) < 4.78 is 5.47. The largest absolute Gasteiger partial charge is 0.494 e. The van der Waals surface area contributed by atoms with Crippen molar-refractivity contribution in [2.24, 2.45) is 0 Å². The molecule has 1 aromatic carbocycles. The molecule has 1 radical (unpaired) electrons. The van der Waals surface area contributed by atoms with E-state index in [1.165, 1.54) is 0 Å². The molecule has 0 atom stereocenters. The van der Waals surface area contributed by atoms with Gasteiger partial charge < -0.3 is 4.74 Å². The molecule has 0 unspecified atom stereocenters. The van der Waals surface area contributed by atoms with Gasteiger partial charge in [0.2, 0.25) is 0 Å². The molecule has 0 amide bonds. The Morgan fingerprint density at radius 1 is 1.54 bits per heavy atom. The molecule has 0 aliphatic heterocycles. The number of nitrogens with zero attached hydrogens (tertiary/aromatic N) is 1. The van der Waals surface area contributed by atoms with E-state index in [1.807, 2.05) is 18.2 Å². The lowest BCUT2D eigenvalue weighted by atomic mass is 10.2. The number of H-pyrrole nitrogens is 1. The van der Waals surface area contributed by atoms with Crippen molar-refractivity contribution in [2.75, 3.05) is 6.61 Å². The molecule has 13 heavy (non-hydrogen) atoms. The highest BCUT2D eigenvalue weighted by Crippen LogP contribution is 2.17. The average Bonchev–Trinajstić information content (AvgIpc) is 2.61. The van der Waals surface area contributed by atoms with Crippen molar-refractivity contribution in [1.29, 1.82) is 0 Å². The SMILES string of the molecule is CCCOc1ccc2[c]n[nH]c2c1. The molecule has 0 bridgehead atoms. The highest BCUT2D eigenvalue weighted by atomic mass is 16.5. The van der Waals surface area contributed by atoms with E-state index in [-0.39, 0.29) is 0 Å². The van der Waals surface area contributed by atoms with Crippen LogP contribution in [-0.2, 0) is 0 Å². The lowest BCUT2D eigenvalue weighted by Crippen LogP contribution is -1.94. The minimum Gasteiger partial charge on any atom is -0.494 e. The third-order valence-corrected chi connectivity index (χ3v) is 1.82. The summed E-state index contributed by atoms with van der Waals surface area (Å²) in [5.74, 6) is 0.881. The minimum atomic E-state index is 0.753. The van der Waals surface area contributed by atoms with E-state index >= 15 is 0 Å². The van der Waals surface area contributed by atoms with Crippen LogP contribution in [-0.4, -0.2) is 16.8 Å². The number of benzene rings is 1. The van der Waals surface area contributed by atoms with Crippen LogP contribution in [0.5, 0.6) is 5.75 Å². The molecule has 0 aliphatic rings. The summed E-state index contributed by atoms with van der Waals surface area (Å²) in [6, 6.07) is 5.82. The molecule has 0 fully saturated rings. The van der Waals surface area contributed by atoms with Gasteiger partial charge in [0.05, 0.1) is 12.1 Å². The van der Waals surface area contributed by atoms with Crippen molar-refractivity contribution in [3.8, 4) is 5.75 Å². The van der Waals surface area contributed by atoms with Gasteiger partial charge in [-0.2, -0.15) is 5.10 Å². The third kappa shape index (κ3) is 1.64. The first kappa shape index (κ1) is 8.10. The number of aromatic nitrogens is 2. The number of aromatic amines is 1. The molecule has 2 aromatic rings. The zero-order valence-corrected chi connectivity index (χ0v) is 7.50. The lowest BCUT2D eigenvalue weighted by molar-refractivity contribution is 0.318. The second-order valence-electron chi connectivity index (χ2n) is 2.89. The molecular formula is C10H11N2O. The Morgan fingerprint density at radius 3 is 3.31 bits per heavy atom. The van der Waals surface area contributed by atoms with Crippen LogP contribution in [0.25, 0.3) is 10.9 Å². The number of ether oxygens (including phenoxy) is 1. The summed E-state index contributed by atoms with van der Waals surface area (Å²) in [7, 11) is 0. The molecule has 0 saturated carbocycles. The van der Waals surface area contributed by atoms with E-state index in [1.54, 1.807) is 0 Å². The van der Waals surface area contributed by atoms with Crippen molar-refractivity contribution in [3.05, 3.63) is 24.4 Å². The third-order valence-electron chi connectivity index (χ3n) is 1.82. The zero-order chi connectivity index (χ0) is 9.10. The summed E-state index contributed by atoms with van der Waals surface area (Å²) in [6.45, 7) is 2.84. The van der Waals surface area contributed by atoms with Crippen LogP contribution >= 0.6 is 0 Å². The second kappa shape index (κ2) is 3.47. The van der Waals surface area contributed by atoms with Crippen LogP contribution in [0.1, 0.15) is 13.3 Å². The smallest absolute Gasteiger partial charge is 0.121 e. The predicted molar refractivity (Wildman–Crippen MR) is 50.7 cm³/mol. The van der Waals surface area contributed by atoms with Gasteiger partial charge in [0.15, 0.2) is 0 Å². The van der Waals surface area contributed by atoms with Gasteiger partial charge in [-0.15, -0.1) is 0 Å². The van der Waals surface area contributed by atoms with Gasteiger partial charge in [-0.05, 0) is 18.6 Å². The second-order valence-corrected chi connectivity index (χ2v) is 2.89. The van der Waals surface area contributed by atoms with Crippen molar-refractivity contribution < 1.29 is 4.74 Å². The summed E-state index contributed by atoms with van der Waals surface area (Å²) in [5.41, 5.74) is 0.966. The van der Waals surface area contributed by atoms with Crippen LogP contribution in [0.2, 0.25) is 0 Å².